The fourth-order valence-electron chi connectivity index (χ4n) is 2.06. The molecule has 2 rings (SSSR count). The third-order valence-corrected chi connectivity index (χ3v) is 5.11. The standard InChI is InChI=1S/C13H19N3O3S/c1-16(2)20(18,19)11-7-5-10(6-8-11)15-13(17)12-4-3-9-14-12/h5-8,12,14H,3-4,9H2,1-2H3,(H,15,17)/t12-/m1/s1. The number of carbonyl (C=O) groups is 1. The van der Waals surface area contributed by atoms with Crippen LogP contribution in [0.3, 0.4) is 0 Å². The molecule has 7 heteroatoms. The zero-order valence-electron chi connectivity index (χ0n) is 11.6. The molecule has 0 radical (unpaired) electrons. The van der Waals surface area contributed by atoms with E-state index in [0.29, 0.717) is 5.69 Å². The van der Waals surface area contributed by atoms with Gasteiger partial charge in [-0.3, -0.25) is 4.79 Å². The van der Waals surface area contributed by atoms with Crippen LogP contribution in [0.4, 0.5) is 5.69 Å². The van der Waals surface area contributed by atoms with Crippen molar-refractivity contribution in [2.24, 2.45) is 0 Å². The molecule has 0 unspecified atom stereocenters. The Kier molecular flexibility index (Phi) is 4.42. The van der Waals surface area contributed by atoms with Gasteiger partial charge in [-0.1, -0.05) is 0 Å². The van der Waals surface area contributed by atoms with Crippen LogP contribution in [0.25, 0.3) is 0 Å². The van der Waals surface area contributed by atoms with Gasteiger partial charge in [-0.25, -0.2) is 12.7 Å². The van der Waals surface area contributed by atoms with Crippen molar-refractivity contribution in [2.45, 2.75) is 23.8 Å². The maximum atomic E-state index is 11.9. The molecule has 20 heavy (non-hydrogen) atoms. The topological polar surface area (TPSA) is 78.5 Å². The number of sulfonamides is 1. The number of nitrogens with one attached hydrogen (secondary N) is 2. The number of carbonyl (C=O) groups excluding carboxylic acids is 1. The highest BCUT2D eigenvalue weighted by molar-refractivity contribution is 7.89. The number of anilines is 1. The van der Waals surface area contributed by atoms with Crippen molar-refractivity contribution in [3.63, 3.8) is 0 Å². The lowest BCUT2D eigenvalue weighted by molar-refractivity contribution is -0.117. The van der Waals surface area contributed by atoms with Gasteiger partial charge in [0.25, 0.3) is 0 Å². The highest BCUT2D eigenvalue weighted by Gasteiger charge is 2.22. The number of rotatable bonds is 4. The quantitative estimate of drug-likeness (QED) is 0.854. The number of hydrogen-bond donors (Lipinski definition) is 2. The van der Waals surface area contributed by atoms with Crippen molar-refractivity contribution >= 4 is 21.6 Å². The van der Waals surface area contributed by atoms with Gasteiger partial charge in [0.05, 0.1) is 10.9 Å². The van der Waals surface area contributed by atoms with Gasteiger partial charge < -0.3 is 10.6 Å². The van der Waals surface area contributed by atoms with Crippen molar-refractivity contribution in [3.05, 3.63) is 24.3 Å². The molecule has 2 N–H and O–H groups in total. The predicted molar refractivity (Wildman–Crippen MR) is 77.0 cm³/mol. The van der Waals surface area contributed by atoms with Gasteiger partial charge >= 0.3 is 0 Å². The van der Waals surface area contributed by atoms with Crippen LogP contribution in [-0.2, 0) is 14.8 Å². The van der Waals surface area contributed by atoms with Crippen LogP contribution in [0.2, 0.25) is 0 Å². The Morgan fingerprint density at radius 1 is 1.30 bits per heavy atom. The highest BCUT2D eigenvalue weighted by Crippen LogP contribution is 2.17. The van der Waals surface area contributed by atoms with Crippen molar-refractivity contribution in [2.75, 3.05) is 26.0 Å². The number of benzene rings is 1. The molecule has 1 atom stereocenters. The Balaban J connectivity index is 2.07. The SMILES string of the molecule is CN(C)S(=O)(=O)c1ccc(NC(=O)[C@H]2CCCN2)cc1. The summed E-state index contributed by atoms with van der Waals surface area (Å²) in [6, 6.07) is 6.03. The molecule has 110 valence electrons. The molecule has 0 aromatic heterocycles. The van der Waals surface area contributed by atoms with Crippen molar-refractivity contribution in [1.82, 2.24) is 9.62 Å². The van der Waals surface area contributed by atoms with Crippen molar-refractivity contribution in [1.29, 1.82) is 0 Å². The van der Waals surface area contributed by atoms with E-state index in [1.807, 2.05) is 0 Å². The summed E-state index contributed by atoms with van der Waals surface area (Å²) in [4.78, 5) is 12.1. The van der Waals surface area contributed by atoms with Gasteiger partial charge in [0.15, 0.2) is 0 Å². The van der Waals surface area contributed by atoms with E-state index in [1.54, 1.807) is 12.1 Å². The first-order valence-electron chi connectivity index (χ1n) is 6.48. The van der Waals surface area contributed by atoms with E-state index < -0.39 is 10.0 Å². The molecule has 1 saturated heterocycles. The van der Waals surface area contributed by atoms with Gasteiger partial charge in [-0.2, -0.15) is 0 Å². The summed E-state index contributed by atoms with van der Waals surface area (Å²) in [5.41, 5.74) is 0.599. The number of hydrogen-bond acceptors (Lipinski definition) is 4. The van der Waals surface area contributed by atoms with Crippen LogP contribution in [0.15, 0.2) is 29.2 Å². The summed E-state index contributed by atoms with van der Waals surface area (Å²) in [7, 11) is -0.464. The zero-order valence-corrected chi connectivity index (χ0v) is 12.4. The van der Waals surface area contributed by atoms with Gasteiger partial charge in [-0.05, 0) is 43.7 Å². The molecule has 1 aliphatic heterocycles. The fraction of sp³-hybridized carbons (Fsp3) is 0.462. The van der Waals surface area contributed by atoms with Gasteiger partial charge in [0.2, 0.25) is 15.9 Å². The van der Waals surface area contributed by atoms with Crippen LogP contribution in [0.5, 0.6) is 0 Å². The minimum Gasteiger partial charge on any atom is -0.325 e. The van der Waals surface area contributed by atoms with E-state index in [2.05, 4.69) is 10.6 Å². The second-order valence-corrected chi connectivity index (χ2v) is 7.10. The minimum atomic E-state index is -3.43. The Morgan fingerprint density at radius 3 is 2.45 bits per heavy atom. The summed E-state index contributed by atoms with van der Waals surface area (Å²) in [6.45, 7) is 0.859. The van der Waals surface area contributed by atoms with Crippen LogP contribution in [-0.4, -0.2) is 45.3 Å². The molecule has 6 nitrogen and oxygen atoms in total. The second-order valence-electron chi connectivity index (χ2n) is 4.95. The summed E-state index contributed by atoms with van der Waals surface area (Å²) in [6.07, 6.45) is 1.83. The molecule has 1 aromatic carbocycles. The van der Waals surface area contributed by atoms with Gasteiger partial charge in [-0.15, -0.1) is 0 Å². The Bertz CT molecular complexity index is 575. The summed E-state index contributed by atoms with van der Waals surface area (Å²) in [5.74, 6) is -0.0780. The van der Waals surface area contributed by atoms with E-state index in [0.717, 1.165) is 23.7 Å². The predicted octanol–water partition coefficient (Wildman–Crippen LogP) is 0.627. The lowest BCUT2D eigenvalue weighted by Crippen LogP contribution is -2.35. The van der Waals surface area contributed by atoms with E-state index in [-0.39, 0.29) is 16.8 Å². The molecule has 0 saturated carbocycles. The Labute approximate surface area is 119 Å². The molecule has 1 aromatic rings. The van der Waals surface area contributed by atoms with Gasteiger partial charge in [0, 0.05) is 19.8 Å². The average molecular weight is 297 g/mol. The molecule has 0 spiro atoms. The third kappa shape index (κ3) is 3.17. The van der Waals surface area contributed by atoms with E-state index in [9.17, 15) is 13.2 Å². The van der Waals surface area contributed by atoms with Crippen LogP contribution < -0.4 is 10.6 Å². The first kappa shape index (κ1) is 15.0. The smallest absolute Gasteiger partial charge is 0.242 e. The summed E-state index contributed by atoms with van der Waals surface area (Å²) in [5, 5.41) is 5.89. The molecular formula is C13H19N3O3S. The van der Waals surface area contributed by atoms with Crippen molar-refractivity contribution in [3.8, 4) is 0 Å². The molecule has 1 aliphatic rings. The summed E-state index contributed by atoms with van der Waals surface area (Å²) < 4.78 is 25.0. The fourth-order valence-corrected chi connectivity index (χ4v) is 2.96. The second kappa shape index (κ2) is 5.90. The normalized spacial score (nSPS) is 19.2. The van der Waals surface area contributed by atoms with Crippen molar-refractivity contribution < 1.29 is 13.2 Å². The van der Waals surface area contributed by atoms with Gasteiger partial charge in [0.1, 0.15) is 0 Å². The summed E-state index contributed by atoms with van der Waals surface area (Å²) >= 11 is 0. The maximum Gasteiger partial charge on any atom is 0.242 e. The Morgan fingerprint density at radius 2 is 1.95 bits per heavy atom. The monoisotopic (exact) mass is 297 g/mol. The molecule has 0 aliphatic carbocycles. The van der Waals surface area contributed by atoms with E-state index >= 15 is 0 Å². The first-order chi connectivity index (χ1) is 9.41. The first-order valence-corrected chi connectivity index (χ1v) is 7.92. The van der Waals surface area contributed by atoms with E-state index in [1.165, 1.54) is 26.2 Å². The molecule has 1 amide bonds. The zero-order chi connectivity index (χ0) is 14.8. The average Bonchev–Trinajstić information content (AvgIpc) is 2.93. The van der Waals surface area contributed by atoms with Crippen LogP contribution in [0, 0.1) is 0 Å². The third-order valence-electron chi connectivity index (χ3n) is 3.28. The minimum absolute atomic E-state index is 0.0780. The lowest BCUT2D eigenvalue weighted by atomic mass is 10.2. The van der Waals surface area contributed by atoms with Crippen LogP contribution in [0.1, 0.15) is 12.8 Å². The number of nitrogens with zero attached hydrogens (tertiary/aromatic N) is 1. The molecule has 1 heterocycles. The lowest BCUT2D eigenvalue weighted by Gasteiger charge is -2.13. The largest absolute Gasteiger partial charge is 0.325 e. The van der Waals surface area contributed by atoms with Crippen LogP contribution >= 0.6 is 0 Å². The highest BCUT2D eigenvalue weighted by atomic mass is 32.2. The number of amides is 1. The molecular weight excluding hydrogens is 278 g/mol. The molecule has 0 bridgehead atoms. The van der Waals surface area contributed by atoms with E-state index in [4.69, 9.17) is 0 Å². The Hall–Kier alpha value is -1.44. The maximum absolute atomic E-state index is 11.9. The molecule has 1 fully saturated rings.